The number of rotatable bonds is 4. The first-order valence-electron chi connectivity index (χ1n) is 10.5. The summed E-state index contributed by atoms with van der Waals surface area (Å²) in [7, 11) is 0. The van der Waals surface area contributed by atoms with Crippen molar-refractivity contribution in [3.8, 4) is 28.3 Å². The molecule has 0 saturated carbocycles. The van der Waals surface area contributed by atoms with Crippen molar-refractivity contribution < 1.29 is 8.78 Å². The molecule has 1 fully saturated rings. The number of pyridine rings is 1. The molecule has 1 aliphatic heterocycles. The number of aromatic amines is 1. The van der Waals surface area contributed by atoms with Crippen molar-refractivity contribution in [3.05, 3.63) is 66.8 Å². The Bertz CT molecular complexity index is 1220. The monoisotopic (exact) mass is 435 g/mol. The van der Waals surface area contributed by atoms with E-state index in [1.165, 1.54) is 23.0 Å². The third-order valence-corrected chi connectivity index (χ3v) is 5.62. The highest BCUT2D eigenvalue weighted by Gasteiger charge is 2.22. The van der Waals surface area contributed by atoms with Crippen LogP contribution in [0.3, 0.4) is 0 Å². The largest absolute Gasteiger partial charge is 0.360 e. The molecule has 3 aromatic heterocycles. The Hall–Kier alpha value is -3.59. The molecule has 9 heteroatoms. The van der Waals surface area contributed by atoms with Crippen molar-refractivity contribution in [1.82, 2.24) is 30.0 Å². The van der Waals surface area contributed by atoms with Crippen molar-refractivity contribution in [1.29, 1.82) is 0 Å². The fourth-order valence-corrected chi connectivity index (χ4v) is 4.22. The molecular weight excluding hydrogens is 412 g/mol. The number of hydrogen-bond donors (Lipinski definition) is 2. The third-order valence-electron chi connectivity index (χ3n) is 5.62. The summed E-state index contributed by atoms with van der Waals surface area (Å²) in [5, 5.41) is 11.5. The normalized spacial score (nSPS) is 18.8. The first-order chi connectivity index (χ1) is 15.5. The van der Waals surface area contributed by atoms with Gasteiger partial charge in [0.05, 0.1) is 5.69 Å². The number of hydrogen-bond acceptors (Lipinski definition) is 5. The predicted molar refractivity (Wildman–Crippen MR) is 119 cm³/mol. The van der Waals surface area contributed by atoms with E-state index in [2.05, 4.69) is 44.2 Å². The first kappa shape index (κ1) is 20.3. The average molecular weight is 435 g/mol. The summed E-state index contributed by atoms with van der Waals surface area (Å²) < 4.78 is 29.4. The molecule has 2 atom stereocenters. The zero-order valence-corrected chi connectivity index (χ0v) is 17.8. The number of aromatic nitrogens is 5. The Balaban J connectivity index is 1.41. The van der Waals surface area contributed by atoms with Gasteiger partial charge in [-0.1, -0.05) is 6.07 Å². The zero-order chi connectivity index (χ0) is 22.2. The van der Waals surface area contributed by atoms with Crippen LogP contribution in [0, 0.1) is 11.6 Å². The molecule has 2 N–H and O–H groups in total. The Labute approximate surface area is 184 Å². The lowest BCUT2D eigenvalue weighted by atomic mass is 10.1. The number of piperazine rings is 1. The number of nitrogens with one attached hydrogen (secondary N) is 2. The van der Waals surface area contributed by atoms with Gasteiger partial charge >= 0.3 is 0 Å². The van der Waals surface area contributed by atoms with E-state index in [1.54, 1.807) is 6.20 Å². The van der Waals surface area contributed by atoms with E-state index in [4.69, 9.17) is 0 Å². The van der Waals surface area contributed by atoms with Crippen molar-refractivity contribution >= 4 is 5.82 Å². The summed E-state index contributed by atoms with van der Waals surface area (Å²) in [5.41, 5.74) is 2.52. The van der Waals surface area contributed by atoms with Gasteiger partial charge in [-0.2, -0.15) is 0 Å². The lowest BCUT2D eigenvalue weighted by molar-refractivity contribution is 0.405. The van der Waals surface area contributed by atoms with Crippen LogP contribution in [0.1, 0.15) is 13.8 Å². The molecule has 4 heterocycles. The zero-order valence-electron chi connectivity index (χ0n) is 17.8. The molecule has 4 aromatic rings. The molecule has 32 heavy (non-hydrogen) atoms. The van der Waals surface area contributed by atoms with E-state index in [-0.39, 0.29) is 5.69 Å². The van der Waals surface area contributed by atoms with Crippen LogP contribution in [0.25, 0.3) is 28.3 Å². The van der Waals surface area contributed by atoms with E-state index in [1.807, 2.05) is 24.4 Å². The van der Waals surface area contributed by atoms with Gasteiger partial charge < -0.3 is 15.2 Å². The van der Waals surface area contributed by atoms with Crippen LogP contribution < -0.4 is 10.2 Å². The highest BCUT2D eigenvalue weighted by Crippen LogP contribution is 2.28. The van der Waals surface area contributed by atoms with Crippen LogP contribution in [-0.2, 0) is 0 Å². The summed E-state index contributed by atoms with van der Waals surface area (Å²) in [6.45, 7) is 6.17. The number of H-pyrrole nitrogens is 1. The molecule has 1 saturated heterocycles. The van der Waals surface area contributed by atoms with Crippen molar-refractivity contribution in [2.45, 2.75) is 25.9 Å². The minimum Gasteiger partial charge on any atom is -0.360 e. The molecule has 0 radical (unpaired) electrons. The Morgan fingerprint density at radius 2 is 1.84 bits per heavy atom. The Morgan fingerprint density at radius 1 is 1.03 bits per heavy atom. The second-order valence-corrected chi connectivity index (χ2v) is 8.18. The van der Waals surface area contributed by atoms with Crippen LogP contribution in [0.5, 0.6) is 0 Å². The van der Waals surface area contributed by atoms with Gasteiger partial charge in [-0.3, -0.25) is 4.57 Å². The van der Waals surface area contributed by atoms with Gasteiger partial charge in [0.15, 0.2) is 17.5 Å². The van der Waals surface area contributed by atoms with Gasteiger partial charge in [0.25, 0.3) is 0 Å². The first-order valence-corrected chi connectivity index (χ1v) is 10.5. The lowest BCUT2D eigenvalue weighted by Crippen LogP contribution is -2.54. The molecule has 0 spiro atoms. The summed E-state index contributed by atoms with van der Waals surface area (Å²) in [6.07, 6.45) is 4.96. The van der Waals surface area contributed by atoms with Crippen molar-refractivity contribution in [3.63, 3.8) is 0 Å². The van der Waals surface area contributed by atoms with Crippen LogP contribution in [0.2, 0.25) is 0 Å². The van der Waals surface area contributed by atoms with Gasteiger partial charge in [0.2, 0.25) is 0 Å². The molecule has 5 rings (SSSR count). The highest BCUT2D eigenvalue weighted by atomic mass is 19.2. The fraction of sp³-hybridized carbons (Fsp3) is 0.261. The molecule has 1 aromatic carbocycles. The van der Waals surface area contributed by atoms with Crippen LogP contribution in [-0.4, -0.2) is 49.9 Å². The molecule has 1 aliphatic rings. The smallest absolute Gasteiger partial charge is 0.182 e. The maximum atomic E-state index is 14.3. The van der Waals surface area contributed by atoms with Gasteiger partial charge in [-0.25, -0.2) is 13.8 Å². The van der Waals surface area contributed by atoms with Gasteiger partial charge in [-0.05, 0) is 44.2 Å². The summed E-state index contributed by atoms with van der Waals surface area (Å²) in [4.78, 5) is 10.2. The molecule has 2 unspecified atom stereocenters. The maximum absolute atomic E-state index is 14.3. The average Bonchev–Trinajstić information content (AvgIpc) is 3.45. The van der Waals surface area contributed by atoms with E-state index in [0.29, 0.717) is 23.5 Å². The Kier molecular flexibility index (Phi) is 5.18. The van der Waals surface area contributed by atoms with Gasteiger partial charge in [0, 0.05) is 54.4 Å². The lowest BCUT2D eigenvalue weighted by Gasteiger charge is -2.36. The maximum Gasteiger partial charge on any atom is 0.182 e. The van der Waals surface area contributed by atoms with E-state index >= 15 is 0 Å². The van der Waals surface area contributed by atoms with Crippen LogP contribution in [0.4, 0.5) is 14.6 Å². The van der Waals surface area contributed by atoms with Gasteiger partial charge in [0.1, 0.15) is 12.1 Å². The topological polar surface area (TPSA) is 74.7 Å². The number of nitrogens with zero attached hydrogens (tertiary/aromatic N) is 5. The molecule has 7 nitrogen and oxygen atoms in total. The number of halogens is 2. The SMILES string of the molecule is CC1CN(c2ccc(-c3cc(-c4nncn4-c4cccc(F)c4F)c[nH]3)cn2)CC(C)N1. The van der Waals surface area contributed by atoms with Crippen molar-refractivity contribution in [2.75, 3.05) is 18.0 Å². The quantitative estimate of drug-likeness (QED) is 0.510. The Morgan fingerprint density at radius 3 is 2.59 bits per heavy atom. The number of anilines is 1. The predicted octanol–water partition coefficient (Wildman–Crippen LogP) is 3.79. The highest BCUT2D eigenvalue weighted by molar-refractivity contribution is 5.69. The number of benzene rings is 1. The summed E-state index contributed by atoms with van der Waals surface area (Å²) >= 11 is 0. The van der Waals surface area contributed by atoms with E-state index in [0.717, 1.165) is 36.2 Å². The van der Waals surface area contributed by atoms with E-state index in [9.17, 15) is 8.78 Å². The van der Waals surface area contributed by atoms with E-state index < -0.39 is 11.6 Å². The molecule has 0 aliphatic carbocycles. The standard InChI is InChI=1S/C23H23F2N7/c1-14-11-31(12-15(2)29-14)21-7-6-16(9-27-21)19-8-17(10-26-19)23-30-28-13-32(23)20-5-3-4-18(24)22(20)25/h3-10,13-15,26,29H,11-12H2,1-2H3. The fourth-order valence-electron chi connectivity index (χ4n) is 4.22. The minimum absolute atomic E-state index is 0.0539. The second kappa shape index (κ2) is 8.16. The molecule has 0 bridgehead atoms. The van der Waals surface area contributed by atoms with Crippen molar-refractivity contribution in [2.24, 2.45) is 0 Å². The third kappa shape index (κ3) is 3.75. The summed E-state index contributed by atoms with van der Waals surface area (Å²) in [5.74, 6) is -0.510. The molecule has 164 valence electrons. The molecule has 0 amide bonds. The molecular formula is C23H23F2N7. The van der Waals surface area contributed by atoms with Gasteiger partial charge in [-0.15, -0.1) is 10.2 Å². The minimum atomic E-state index is -0.944. The van der Waals surface area contributed by atoms with Crippen LogP contribution in [0.15, 0.2) is 55.1 Å². The second-order valence-electron chi connectivity index (χ2n) is 8.18. The van der Waals surface area contributed by atoms with Crippen LogP contribution >= 0.6 is 0 Å². The summed E-state index contributed by atoms with van der Waals surface area (Å²) in [6, 6.07) is 10.8.